The van der Waals surface area contributed by atoms with Gasteiger partial charge in [0.2, 0.25) is 0 Å². The number of hydrogen-bond donors (Lipinski definition) is 0. The van der Waals surface area contributed by atoms with E-state index in [9.17, 15) is 0 Å². The van der Waals surface area contributed by atoms with Crippen molar-refractivity contribution in [3.8, 4) is 16.5 Å². The SMILES string of the molecule is COc1cc(C)c2nc(-c3nc(C(C)C)cs3)c[c]c2c1. The molecule has 0 N–H and O–H groups in total. The zero-order valence-corrected chi connectivity index (χ0v) is 13.4. The second kappa shape index (κ2) is 5.45. The van der Waals surface area contributed by atoms with E-state index < -0.39 is 0 Å². The first-order valence-electron chi connectivity index (χ1n) is 6.91. The molecule has 0 spiro atoms. The van der Waals surface area contributed by atoms with Gasteiger partial charge >= 0.3 is 0 Å². The Kier molecular flexibility index (Phi) is 3.64. The fourth-order valence-electron chi connectivity index (χ4n) is 2.20. The summed E-state index contributed by atoms with van der Waals surface area (Å²) in [6.07, 6.45) is 0. The summed E-state index contributed by atoms with van der Waals surface area (Å²) >= 11 is 1.63. The molecular weight excluding hydrogens is 280 g/mol. The lowest BCUT2D eigenvalue weighted by molar-refractivity contribution is 0.415. The van der Waals surface area contributed by atoms with Crippen molar-refractivity contribution in [3.63, 3.8) is 0 Å². The van der Waals surface area contributed by atoms with Crippen LogP contribution in [-0.2, 0) is 0 Å². The lowest BCUT2D eigenvalue weighted by atomic mass is 10.1. The molecule has 0 fully saturated rings. The molecule has 0 aliphatic rings. The summed E-state index contributed by atoms with van der Waals surface area (Å²) in [5.74, 6) is 1.27. The molecule has 1 aromatic carbocycles. The average molecular weight is 297 g/mol. The van der Waals surface area contributed by atoms with Gasteiger partial charge in [-0.1, -0.05) is 13.8 Å². The van der Waals surface area contributed by atoms with Gasteiger partial charge in [0.1, 0.15) is 16.5 Å². The van der Waals surface area contributed by atoms with Crippen molar-refractivity contribution in [2.75, 3.05) is 7.11 Å². The van der Waals surface area contributed by atoms with Crippen LogP contribution in [0.5, 0.6) is 5.75 Å². The predicted octanol–water partition coefficient (Wildman–Crippen LogP) is 4.60. The third kappa shape index (κ3) is 2.63. The van der Waals surface area contributed by atoms with E-state index in [0.717, 1.165) is 38.6 Å². The first-order valence-corrected chi connectivity index (χ1v) is 7.79. The van der Waals surface area contributed by atoms with Crippen molar-refractivity contribution in [1.82, 2.24) is 9.97 Å². The van der Waals surface area contributed by atoms with Crippen LogP contribution in [0.2, 0.25) is 0 Å². The van der Waals surface area contributed by atoms with Gasteiger partial charge < -0.3 is 4.74 Å². The van der Waals surface area contributed by atoms with Crippen molar-refractivity contribution in [2.24, 2.45) is 0 Å². The molecular formula is C17H17N2OS. The molecule has 0 atom stereocenters. The highest BCUT2D eigenvalue weighted by Gasteiger charge is 2.11. The quantitative estimate of drug-likeness (QED) is 0.708. The second-order valence-electron chi connectivity index (χ2n) is 5.36. The van der Waals surface area contributed by atoms with Crippen LogP contribution in [0.1, 0.15) is 31.0 Å². The van der Waals surface area contributed by atoms with Crippen molar-refractivity contribution in [1.29, 1.82) is 0 Å². The molecule has 0 aliphatic heterocycles. The maximum absolute atomic E-state index is 5.29. The standard InChI is InChI=1S/C17H17N2OS/c1-10(2)15-9-21-17(19-15)14-6-5-12-8-13(20-4)7-11(3)16(12)18-14/h6-10H,1-4H3. The predicted molar refractivity (Wildman–Crippen MR) is 87.1 cm³/mol. The molecule has 107 valence electrons. The van der Waals surface area contributed by atoms with Crippen molar-refractivity contribution < 1.29 is 4.74 Å². The Morgan fingerprint density at radius 2 is 2.05 bits per heavy atom. The Hall–Kier alpha value is -1.94. The molecule has 1 radical (unpaired) electrons. The maximum atomic E-state index is 5.29. The summed E-state index contributed by atoms with van der Waals surface area (Å²) in [4.78, 5) is 9.42. The number of aromatic nitrogens is 2. The first-order chi connectivity index (χ1) is 10.1. The minimum atomic E-state index is 0.436. The van der Waals surface area contributed by atoms with Gasteiger partial charge in [-0.2, -0.15) is 0 Å². The van der Waals surface area contributed by atoms with E-state index >= 15 is 0 Å². The van der Waals surface area contributed by atoms with E-state index in [0.29, 0.717) is 5.92 Å². The Bertz CT molecular complexity index is 793. The van der Waals surface area contributed by atoms with Crippen molar-refractivity contribution >= 4 is 22.2 Å². The number of rotatable bonds is 3. The highest BCUT2D eigenvalue weighted by Crippen LogP contribution is 2.29. The number of nitrogens with zero attached hydrogens (tertiary/aromatic N) is 2. The Balaban J connectivity index is 2.10. The van der Waals surface area contributed by atoms with E-state index in [1.807, 2.05) is 25.1 Å². The van der Waals surface area contributed by atoms with Crippen LogP contribution in [0.25, 0.3) is 21.6 Å². The van der Waals surface area contributed by atoms with Crippen LogP contribution >= 0.6 is 11.3 Å². The zero-order valence-electron chi connectivity index (χ0n) is 12.6. The molecule has 0 unspecified atom stereocenters. The van der Waals surface area contributed by atoms with Crippen LogP contribution in [0.4, 0.5) is 0 Å². The highest BCUT2D eigenvalue weighted by molar-refractivity contribution is 7.13. The maximum Gasteiger partial charge on any atom is 0.142 e. The van der Waals surface area contributed by atoms with Crippen LogP contribution in [0, 0.1) is 13.0 Å². The third-order valence-corrected chi connectivity index (χ3v) is 4.32. The molecule has 0 saturated heterocycles. The number of fused-ring (bicyclic) bond motifs is 1. The van der Waals surface area contributed by atoms with Crippen LogP contribution < -0.4 is 4.74 Å². The van der Waals surface area contributed by atoms with Gasteiger partial charge in [0.15, 0.2) is 0 Å². The van der Waals surface area contributed by atoms with Gasteiger partial charge in [0.05, 0.1) is 18.3 Å². The topological polar surface area (TPSA) is 35.0 Å². The minimum Gasteiger partial charge on any atom is -0.497 e. The number of benzene rings is 1. The Labute approximate surface area is 128 Å². The largest absolute Gasteiger partial charge is 0.497 e. The third-order valence-electron chi connectivity index (χ3n) is 3.44. The monoisotopic (exact) mass is 297 g/mol. The number of aryl methyl sites for hydroxylation is 1. The second-order valence-corrected chi connectivity index (χ2v) is 6.22. The van der Waals surface area contributed by atoms with Gasteiger partial charge in [0, 0.05) is 10.8 Å². The Morgan fingerprint density at radius 3 is 2.71 bits per heavy atom. The van der Waals surface area contributed by atoms with E-state index in [1.54, 1.807) is 18.4 Å². The molecule has 0 saturated carbocycles. The van der Waals surface area contributed by atoms with Gasteiger partial charge in [0.25, 0.3) is 0 Å². The highest BCUT2D eigenvalue weighted by atomic mass is 32.1. The fraction of sp³-hybridized carbons (Fsp3) is 0.294. The molecule has 0 amide bonds. The van der Waals surface area contributed by atoms with Crippen LogP contribution in [0.3, 0.4) is 0 Å². The number of pyridine rings is 1. The lowest BCUT2D eigenvalue weighted by Gasteiger charge is -2.06. The zero-order chi connectivity index (χ0) is 15.0. The number of ether oxygens (including phenoxy) is 1. The molecule has 2 heterocycles. The number of hydrogen-bond acceptors (Lipinski definition) is 4. The molecule has 4 heteroatoms. The normalized spacial score (nSPS) is 11.3. The van der Waals surface area contributed by atoms with Crippen molar-refractivity contribution in [2.45, 2.75) is 26.7 Å². The van der Waals surface area contributed by atoms with Crippen LogP contribution in [0.15, 0.2) is 23.6 Å². The first kappa shape index (κ1) is 14.0. The van der Waals surface area contributed by atoms with Gasteiger partial charge in [-0.25, -0.2) is 9.97 Å². The van der Waals surface area contributed by atoms with E-state index in [1.165, 1.54) is 0 Å². The summed E-state index contributed by atoms with van der Waals surface area (Å²) in [6, 6.07) is 9.16. The smallest absolute Gasteiger partial charge is 0.142 e. The molecule has 2 aromatic heterocycles. The minimum absolute atomic E-state index is 0.436. The molecule has 0 bridgehead atoms. The van der Waals surface area contributed by atoms with Crippen LogP contribution in [-0.4, -0.2) is 17.1 Å². The van der Waals surface area contributed by atoms with Gasteiger partial charge in [-0.3, -0.25) is 0 Å². The summed E-state index contributed by atoms with van der Waals surface area (Å²) in [7, 11) is 1.67. The number of thiazole rings is 1. The summed E-state index contributed by atoms with van der Waals surface area (Å²) < 4.78 is 5.29. The van der Waals surface area contributed by atoms with Gasteiger partial charge in [-0.15, -0.1) is 11.3 Å². The fourth-order valence-corrected chi connectivity index (χ4v) is 3.14. The summed E-state index contributed by atoms with van der Waals surface area (Å²) in [5, 5.41) is 4.02. The number of methoxy groups -OCH3 is 1. The van der Waals surface area contributed by atoms with Crippen molar-refractivity contribution in [3.05, 3.63) is 40.9 Å². The molecule has 21 heavy (non-hydrogen) atoms. The lowest BCUT2D eigenvalue weighted by Crippen LogP contribution is -1.91. The van der Waals surface area contributed by atoms with E-state index in [2.05, 4.69) is 30.3 Å². The molecule has 3 nitrogen and oxygen atoms in total. The van der Waals surface area contributed by atoms with Gasteiger partial charge in [-0.05, 0) is 42.7 Å². The summed E-state index contributed by atoms with van der Waals surface area (Å²) in [5.41, 5.74) is 4.04. The Morgan fingerprint density at radius 1 is 1.24 bits per heavy atom. The molecule has 3 aromatic rings. The average Bonchev–Trinajstić information content (AvgIpc) is 2.97. The summed E-state index contributed by atoms with van der Waals surface area (Å²) in [6.45, 7) is 6.33. The molecule has 3 rings (SSSR count). The van der Waals surface area contributed by atoms with E-state index in [-0.39, 0.29) is 0 Å². The molecule has 0 aliphatic carbocycles. The van der Waals surface area contributed by atoms with E-state index in [4.69, 9.17) is 9.72 Å².